The molecule has 0 aliphatic heterocycles. The summed E-state index contributed by atoms with van der Waals surface area (Å²) < 4.78 is 38.1. The molecule has 0 bridgehead atoms. The minimum Gasteiger partial charge on any atom is -0.370 e. The van der Waals surface area contributed by atoms with Crippen LogP contribution in [0.2, 0.25) is 0 Å². The highest BCUT2D eigenvalue weighted by Crippen LogP contribution is 2.32. The molecule has 1 aliphatic carbocycles. The molecule has 0 atom stereocenters. The summed E-state index contributed by atoms with van der Waals surface area (Å²) in [4.78, 5) is 7.48. The Morgan fingerprint density at radius 3 is 2.58 bits per heavy atom. The van der Waals surface area contributed by atoms with Crippen molar-refractivity contribution >= 4 is 11.8 Å². The van der Waals surface area contributed by atoms with Gasteiger partial charge in [-0.1, -0.05) is 12.8 Å². The Kier molecular flexibility index (Phi) is 4.11. The third kappa shape index (κ3) is 4.25. The van der Waals surface area contributed by atoms with Crippen LogP contribution in [0.3, 0.4) is 0 Å². The van der Waals surface area contributed by atoms with Crippen molar-refractivity contribution in [3.8, 4) is 0 Å². The summed E-state index contributed by atoms with van der Waals surface area (Å²) in [5.41, 5.74) is -0.924. The highest BCUT2D eigenvalue weighted by molar-refractivity contribution is 5.43. The summed E-state index contributed by atoms with van der Waals surface area (Å²) in [6.45, 7) is 2.90. The number of hydrogen-bond acceptors (Lipinski definition) is 4. The fourth-order valence-corrected chi connectivity index (χ4v) is 1.73. The zero-order chi connectivity index (χ0) is 13.9. The summed E-state index contributed by atoms with van der Waals surface area (Å²) in [5, 5.41) is 5.65. The Hall–Kier alpha value is -1.53. The topological polar surface area (TPSA) is 49.8 Å². The van der Waals surface area contributed by atoms with Crippen LogP contribution in [0.25, 0.3) is 0 Å². The van der Waals surface area contributed by atoms with Crippen LogP contribution in [0.4, 0.5) is 24.9 Å². The van der Waals surface area contributed by atoms with E-state index in [1.807, 2.05) is 0 Å². The van der Waals surface area contributed by atoms with E-state index in [1.54, 1.807) is 6.92 Å². The molecular formula is C12H17F3N4. The molecule has 0 amide bonds. The van der Waals surface area contributed by atoms with Gasteiger partial charge in [0.25, 0.3) is 0 Å². The zero-order valence-corrected chi connectivity index (χ0v) is 10.7. The van der Waals surface area contributed by atoms with Crippen molar-refractivity contribution < 1.29 is 13.2 Å². The van der Waals surface area contributed by atoms with Crippen LogP contribution >= 0.6 is 0 Å². The first-order valence-corrected chi connectivity index (χ1v) is 6.43. The zero-order valence-electron chi connectivity index (χ0n) is 10.7. The molecule has 1 heterocycles. The van der Waals surface area contributed by atoms with Gasteiger partial charge in [-0.15, -0.1) is 0 Å². The minimum atomic E-state index is -4.46. The van der Waals surface area contributed by atoms with Crippen LogP contribution in [-0.2, 0) is 6.18 Å². The number of anilines is 2. The van der Waals surface area contributed by atoms with Gasteiger partial charge in [0, 0.05) is 19.2 Å². The standard InChI is InChI=1S/C12H17F3N4/c1-2-16-11-18-9(12(13,14)15)7-10(19-11)17-6-5-8-3-4-8/h7-8H,2-6H2,1H3,(H2,16,17,18,19). The molecule has 1 saturated carbocycles. The monoisotopic (exact) mass is 274 g/mol. The van der Waals surface area contributed by atoms with Crippen molar-refractivity contribution in [2.24, 2.45) is 5.92 Å². The van der Waals surface area contributed by atoms with E-state index in [1.165, 1.54) is 12.8 Å². The lowest BCUT2D eigenvalue weighted by Gasteiger charge is -2.12. The Labute approximate surface area is 109 Å². The molecule has 0 aromatic carbocycles. The van der Waals surface area contributed by atoms with Crippen molar-refractivity contribution in [3.05, 3.63) is 11.8 Å². The highest BCUT2D eigenvalue weighted by atomic mass is 19.4. The van der Waals surface area contributed by atoms with E-state index in [4.69, 9.17) is 0 Å². The van der Waals surface area contributed by atoms with Gasteiger partial charge >= 0.3 is 6.18 Å². The predicted octanol–water partition coefficient (Wildman–Crippen LogP) is 3.14. The summed E-state index contributed by atoms with van der Waals surface area (Å²) >= 11 is 0. The number of aromatic nitrogens is 2. The third-order valence-electron chi connectivity index (χ3n) is 2.91. The second-order valence-electron chi connectivity index (χ2n) is 4.65. The molecule has 7 heteroatoms. The number of hydrogen-bond donors (Lipinski definition) is 2. The summed E-state index contributed by atoms with van der Waals surface area (Å²) in [6, 6.07) is 0.952. The van der Waals surface area contributed by atoms with Crippen LogP contribution in [0.15, 0.2) is 6.07 Å². The number of rotatable bonds is 6. The van der Waals surface area contributed by atoms with E-state index in [-0.39, 0.29) is 11.8 Å². The van der Waals surface area contributed by atoms with Crippen molar-refractivity contribution in [2.75, 3.05) is 23.7 Å². The number of halogens is 3. The Morgan fingerprint density at radius 1 is 1.26 bits per heavy atom. The molecule has 1 fully saturated rings. The van der Waals surface area contributed by atoms with Crippen molar-refractivity contribution in [2.45, 2.75) is 32.4 Å². The molecule has 4 nitrogen and oxygen atoms in total. The van der Waals surface area contributed by atoms with Gasteiger partial charge in [0.1, 0.15) is 5.82 Å². The largest absolute Gasteiger partial charge is 0.433 e. The predicted molar refractivity (Wildman–Crippen MR) is 67.0 cm³/mol. The number of nitrogens with zero attached hydrogens (tertiary/aromatic N) is 2. The van der Waals surface area contributed by atoms with E-state index in [0.29, 0.717) is 13.1 Å². The SMILES string of the molecule is CCNc1nc(NCCC2CC2)cc(C(F)(F)F)n1. The fraction of sp³-hybridized carbons (Fsp3) is 0.667. The average Bonchev–Trinajstić information content (AvgIpc) is 3.12. The lowest BCUT2D eigenvalue weighted by molar-refractivity contribution is -0.141. The maximum absolute atomic E-state index is 12.7. The van der Waals surface area contributed by atoms with Gasteiger partial charge in [0.15, 0.2) is 5.69 Å². The molecule has 0 radical (unpaired) electrons. The van der Waals surface area contributed by atoms with Gasteiger partial charge < -0.3 is 10.6 Å². The lowest BCUT2D eigenvalue weighted by Crippen LogP contribution is -2.14. The van der Waals surface area contributed by atoms with Crippen molar-refractivity contribution in [1.82, 2.24) is 9.97 Å². The average molecular weight is 274 g/mol. The van der Waals surface area contributed by atoms with E-state index in [0.717, 1.165) is 18.4 Å². The van der Waals surface area contributed by atoms with Crippen LogP contribution in [0.1, 0.15) is 31.9 Å². The molecule has 1 aliphatic rings. The Morgan fingerprint density at radius 2 is 2.00 bits per heavy atom. The molecule has 19 heavy (non-hydrogen) atoms. The van der Waals surface area contributed by atoms with E-state index >= 15 is 0 Å². The molecule has 2 rings (SSSR count). The van der Waals surface area contributed by atoms with E-state index in [9.17, 15) is 13.2 Å². The van der Waals surface area contributed by atoms with E-state index in [2.05, 4.69) is 20.6 Å². The lowest BCUT2D eigenvalue weighted by atomic mass is 10.3. The van der Waals surface area contributed by atoms with Crippen LogP contribution in [0, 0.1) is 5.92 Å². The van der Waals surface area contributed by atoms with Gasteiger partial charge in [-0.2, -0.15) is 18.2 Å². The Balaban J connectivity index is 2.08. The maximum Gasteiger partial charge on any atom is 0.433 e. The van der Waals surface area contributed by atoms with Gasteiger partial charge in [-0.05, 0) is 19.3 Å². The Bertz CT molecular complexity index is 429. The summed E-state index contributed by atoms with van der Waals surface area (Å²) in [6.07, 6.45) is -1.04. The smallest absolute Gasteiger partial charge is 0.370 e. The first-order valence-electron chi connectivity index (χ1n) is 6.43. The second kappa shape index (κ2) is 5.63. The molecule has 0 saturated heterocycles. The van der Waals surface area contributed by atoms with Gasteiger partial charge in [0.2, 0.25) is 5.95 Å². The first kappa shape index (κ1) is 13.9. The fourth-order valence-electron chi connectivity index (χ4n) is 1.73. The maximum atomic E-state index is 12.7. The van der Waals surface area contributed by atoms with Gasteiger partial charge in [0.05, 0.1) is 0 Å². The third-order valence-corrected chi connectivity index (χ3v) is 2.91. The minimum absolute atomic E-state index is 0.00578. The molecule has 0 unspecified atom stereocenters. The molecule has 2 N–H and O–H groups in total. The van der Waals surface area contributed by atoms with Crippen LogP contribution < -0.4 is 10.6 Å². The summed E-state index contributed by atoms with van der Waals surface area (Å²) in [5.74, 6) is 0.954. The van der Waals surface area contributed by atoms with Gasteiger partial charge in [-0.25, -0.2) is 4.98 Å². The van der Waals surface area contributed by atoms with Crippen LogP contribution in [-0.4, -0.2) is 23.1 Å². The van der Waals surface area contributed by atoms with Gasteiger partial charge in [-0.3, -0.25) is 0 Å². The first-order chi connectivity index (χ1) is 8.99. The molecule has 106 valence electrons. The van der Waals surface area contributed by atoms with Crippen molar-refractivity contribution in [1.29, 1.82) is 0 Å². The molecule has 1 aromatic rings. The summed E-state index contributed by atoms with van der Waals surface area (Å²) in [7, 11) is 0. The number of nitrogens with one attached hydrogen (secondary N) is 2. The van der Waals surface area contributed by atoms with E-state index < -0.39 is 11.9 Å². The normalized spacial score (nSPS) is 15.4. The second-order valence-corrected chi connectivity index (χ2v) is 4.65. The molecular weight excluding hydrogens is 257 g/mol. The highest BCUT2D eigenvalue weighted by Gasteiger charge is 2.33. The van der Waals surface area contributed by atoms with Crippen LogP contribution in [0.5, 0.6) is 0 Å². The molecule has 0 spiro atoms. The molecule has 1 aromatic heterocycles. The van der Waals surface area contributed by atoms with Crippen molar-refractivity contribution in [3.63, 3.8) is 0 Å². The quantitative estimate of drug-likeness (QED) is 0.836. The number of alkyl halides is 3.